The van der Waals surface area contributed by atoms with Gasteiger partial charge in [0.25, 0.3) is 0 Å². The highest BCUT2D eigenvalue weighted by Crippen LogP contribution is 2.32. The summed E-state index contributed by atoms with van der Waals surface area (Å²) in [6, 6.07) is 10.9. The highest BCUT2D eigenvalue weighted by Gasteiger charge is 2.31. The van der Waals surface area contributed by atoms with Crippen molar-refractivity contribution in [2.75, 3.05) is 0 Å². The van der Waals surface area contributed by atoms with Crippen LogP contribution in [0.4, 0.5) is 0 Å². The maximum Gasteiger partial charge on any atom is 0.198 e. The van der Waals surface area contributed by atoms with Crippen LogP contribution in [0.1, 0.15) is 31.8 Å². The van der Waals surface area contributed by atoms with Gasteiger partial charge in [-0.15, -0.1) is 0 Å². The van der Waals surface area contributed by atoms with Gasteiger partial charge in [-0.3, -0.25) is 14.7 Å². The molecule has 0 amide bonds. The van der Waals surface area contributed by atoms with Crippen LogP contribution in [0.25, 0.3) is 0 Å². The third-order valence-electron chi connectivity index (χ3n) is 2.91. The molecule has 3 heteroatoms. The summed E-state index contributed by atoms with van der Waals surface area (Å²) in [5.41, 5.74) is 0.890. The van der Waals surface area contributed by atoms with Crippen molar-refractivity contribution in [3.63, 3.8) is 0 Å². The van der Waals surface area contributed by atoms with Gasteiger partial charge < -0.3 is 0 Å². The third kappa shape index (κ3) is 1.22. The van der Waals surface area contributed by atoms with Crippen LogP contribution in [-0.4, -0.2) is 11.6 Å². The second kappa shape index (κ2) is 3.28. The summed E-state index contributed by atoms with van der Waals surface area (Å²) in [6.45, 7) is 0. The number of carbonyl (C=O) groups is 2. The van der Waals surface area contributed by atoms with Gasteiger partial charge in [0, 0.05) is 16.7 Å². The number of rotatable bonds is 0. The van der Waals surface area contributed by atoms with Crippen molar-refractivity contribution in [2.24, 2.45) is 0 Å². The molecule has 1 aliphatic rings. The molecule has 0 spiro atoms. The number of carbonyl (C=O) groups excluding carboxylic acids is 2. The summed E-state index contributed by atoms with van der Waals surface area (Å²) in [5.74, 6) is -1.01. The molecule has 1 aliphatic carbocycles. The Bertz CT molecular complexity index is 656. The Balaban J connectivity index is 2.37. The topological polar surface area (TPSA) is 54.0 Å². The van der Waals surface area contributed by atoms with E-state index in [1.165, 1.54) is 18.2 Å². The summed E-state index contributed by atoms with van der Waals surface area (Å²) in [4.78, 5) is 24.2. The van der Waals surface area contributed by atoms with Crippen LogP contribution >= 0.6 is 0 Å². The zero-order valence-corrected chi connectivity index (χ0v) is 8.77. The van der Waals surface area contributed by atoms with Gasteiger partial charge in [0.1, 0.15) is 0 Å². The van der Waals surface area contributed by atoms with Crippen molar-refractivity contribution in [1.29, 1.82) is 0 Å². The first-order chi connectivity index (χ1) is 8.20. The smallest absolute Gasteiger partial charge is 0.198 e. The van der Waals surface area contributed by atoms with Crippen LogP contribution < -0.4 is 0 Å². The van der Waals surface area contributed by atoms with Crippen molar-refractivity contribution < 1.29 is 14.7 Å². The van der Waals surface area contributed by atoms with Crippen molar-refractivity contribution in [3.8, 4) is 5.75 Å². The molecule has 17 heavy (non-hydrogen) atoms. The molecule has 0 unspecified atom stereocenters. The molecule has 0 atom stereocenters. The van der Waals surface area contributed by atoms with E-state index in [0.29, 0.717) is 11.1 Å². The fourth-order valence-corrected chi connectivity index (χ4v) is 2.11. The van der Waals surface area contributed by atoms with E-state index in [4.69, 9.17) is 0 Å². The van der Waals surface area contributed by atoms with Gasteiger partial charge in [-0.25, -0.2) is 0 Å². The van der Waals surface area contributed by atoms with Gasteiger partial charge in [-0.2, -0.15) is 0 Å². The van der Waals surface area contributed by atoms with E-state index in [1.54, 1.807) is 24.3 Å². The molecule has 0 fully saturated rings. The monoisotopic (exact) mass is 223 g/mol. The first-order valence-corrected chi connectivity index (χ1v) is 5.18. The van der Waals surface area contributed by atoms with Crippen LogP contribution in [0.5, 0.6) is 5.75 Å². The molecule has 2 aromatic carbocycles. The second-order valence-electron chi connectivity index (χ2n) is 3.88. The van der Waals surface area contributed by atoms with Crippen LogP contribution in [0.3, 0.4) is 0 Å². The SMILES string of the molecule is [O]c1cccc2c1C(=O)c1ccccc1C2=O. The minimum Gasteiger partial charge on any atom is -0.289 e. The fraction of sp³-hybridized carbons (Fsp3) is 0. The molecule has 0 aliphatic heterocycles. The van der Waals surface area contributed by atoms with Gasteiger partial charge in [0.15, 0.2) is 17.3 Å². The number of ketones is 2. The lowest BCUT2D eigenvalue weighted by atomic mass is 9.84. The van der Waals surface area contributed by atoms with Gasteiger partial charge in [-0.1, -0.05) is 36.4 Å². The lowest BCUT2D eigenvalue weighted by molar-refractivity contribution is 0.0975. The van der Waals surface area contributed by atoms with Crippen LogP contribution in [0.2, 0.25) is 0 Å². The molecule has 81 valence electrons. The molecule has 3 nitrogen and oxygen atoms in total. The van der Waals surface area contributed by atoms with E-state index in [-0.39, 0.29) is 22.7 Å². The zero-order valence-electron chi connectivity index (χ0n) is 8.77. The van der Waals surface area contributed by atoms with Crippen LogP contribution in [-0.2, 0) is 5.11 Å². The van der Waals surface area contributed by atoms with E-state index in [2.05, 4.69) is 0 Å². The lowest BCUT2D eigenvalue weighted by Crippen LogP contribution is -2.20. The molecular formula is C14H7O3. The van der Waals surface area contributed by atoms with E-state index >= 15 is 0 Å². The molecule has 0 aromatic heterocycles. The molecule has 0 N–H and O–H groups in total. The molecule has 2 aromatic rings. The number of fused-ring (bicyclic) bond motifs is 2. The third-order valence-corrected chi connectivity index (χ3v) is 2.91. The second-order valence-corrected chi connectivity index (χ2v) is 3.88. The van der Waals surface area contributed by atoms with E-state index < -0.39 is 5.75 Å². The van der Waals surface area contributed by atoms with Crippen molar-refractivity contribution in [2.45, 2.75) is 0 Å². The summed E-state index contributed by atoms with van der Waals surface area (Å²) >= 11 is 0. The van der Waals surface area contributed by atoms with Crippen molar-refractivity contribution in [3.05, 3.63) is 64.7 Å². The maximum absolute atomic E-state index is 12.1. The summed E-state index contributed by atoms with van der Waals surface area (Å²) in [6.07, 6.45) is 0. The average molecular weight is 223 g/mol. The van der Waals surface area contributed by atoms with Gasteiger partial charge in [0.2, 0.25) is 0 Å². The zero-order chi connectivity index (χ0) is 12.0. The first kappa shape index (κ1) is 9.78. The van der Waals surface area contributed by atoms with Crippen molar-refractivity contribution >= 4 is 11.6 Å². The normalized spacial score (nSPS) is 13.2. The average Bonchev–Trinajstić information content (AvgIpc) is 2.36. The summed E-state index contributed by atoms with van der Waals surface area (Å²) in [5, 5.41) is 11.7. The van der Waals surface area contributed by atoms with E-state index in [0.717, 1.165) is 0 Å². The van der Waals surface area contributed by atoms with E-state index in [1.807, 2.05) is 0 Å². The molecule has 0 bridgehead atoms. The first-order valence-electron chi connectivity index (χ1n) is 5.18. The summed E-state index contributed by atoms with van der Waals surface area (Å²) in [7, 11) is 0. The van der Waals surface area contributed by atoms with E-state index in [9.17, 15) is 14.7 Å². The van der Waals surface area contributed by atoms with Gasteiger partial charge in [0.05, 0.1) is 5.56 Å². The predicted molar refractivity (Wildman–Crippen MR) is 59.9 cm³/mol. The molecular weight excluding hydrogens is 216 g/mol. The quantitative estimate of drug-likeness (QED) is 0.588. The molecule has 0 saturated heterocycles. The molecule has 3 rings (SSSR count). The Kier molecular flexibility index (Phi) is 1.89. The fourth-order valence-electron chi connectivity index (χ4n) is 2.11. The minimum atomic E-state index is -0.393. The highest BCUT2D eigenvalue weighted by atomic mass is 16.3. The Hall–Kier alpha value is -2.42. The maximum atomic E-state index is 12.1. The van der Waals surface area contributed by atoms with Crippen LogP contribution in [0, 0.1) is 0 Å². The Morgan fingerprint density at radius 1 is 0.647 bits per heavy atom. The molecule has 0 saturated carbocycles. The largest absolute Gasteiger partial charge is 0.289 e. The standard InChI is InChI=1S/C14H7O3/c15-11-7-3-6-10-12(11)14(17)9-5-2-1-4-8(9)13(10)16/h1-7H. The minimum absolute atomic E-state index is 0.00352. The molecule has 0 heterocycles. The highest BCUT2D eigenvalue weighted by molar-refractivity contribution is 6.29. The Labute approximate surface area is 97.3 Å². The number of hydrogen-bond acceptors (Lipinski definition) is 2. The predicted octanol–water partition coefficient (Wildman–Crippen LogP) is 2.61. The lowest BCUT2D eigenvalue weighted by Gasteiger charge is -2.16. The Morgan fingerprint density at radius 3 is 1.94 bits per heavy atom. The number of hydrogen-bond donors (Lipinski definition) is 0. The van der Waals surface area contributed by atoms with Crippen molar-refractivity contribution in [1.82, 2.24) is 0 Å². The molecule has 1 radical (unpaired) electrons. The Morgan fingerprint density at radius 2 is 1.24 bits per heavy atom. The van der Waals surface area contributed by atoms with Crippen LogP contribution in [0.15, 0.2) is 42.5 Å². The van der Waals surface area contributed by atoms with Gasteiger partial charge in [-0.05, 0) is 6.07 Å². The summed E-state index contributed by atoms with van der Waals surface area (Å²) < 4.78 is 0. The van der Waals surface area contributed by atoms with Gasteiger partial charge >= 0.3 is 0 Å². The number of benzene rings is 2.